The van der Waals surface area contributed by atoms with Gasteiger partial charge in [-0.15, -0.1) is 0 Å². The minimum Gasteiger partial charge on any atom is -0.363 e. The predicted molar refractivity (Wildman–Crippen MR) is 38.9 cm³/mol. The fourth-order valence-corrected chi connectivity index (χ4v) is 3.19. The van der Waals surface area contributed by atoms with Gasteiger partial charge >= 0.3 is 0 Å². The number of hydrogen-bond acceptors (Lipinski definition) is 1. The lowest BCUT2D eigenvalue weighted by molar-refractivity contribution is 0.217. The fraction of sp³-hybridized carbons (Fsp3) is 1.00. The van der Waals surface area contributed by atoms with E-state index in [0.29, 0.717) is 11.2 Å². The fourth-order valence-electron chi connectivity index (χ4n) is 3.19. The lowest BCUT2D eigenvalue weighted by Crippen LogP contribution is -2.23. The molecule has 3 fully saturated rings. The van der Waals surface area contributed by atoms with Gasteiger partial charge in [0.25, 0.3) is 0 Å². The van der Waals surface area contributed by atoms with Gasteiger partial charge in [0.05, 0.1) is 11.2 Å². The van der Waals surface area contributed by atoms with E-state index in [1.165, 1.54) is 44.9 Å². The van der Waals surface area contributed by atoms with E-state index >= 15 is 0 Å². The van der Waals surface area contributed by atoms with E-state index in [2.05, 4.69) is 0 Å². The van der Waals surface area contributed by atoms with Gasteiger partial charge in [-0.1, -0.05) is 12.8 Å². The maximum atomic E-state index is 5.89. The molecule has 56 valence electrons. The molecule has 2 atom stereocenters. The second kappa shape index (κ2) is 1.42. The summed E-state index contributed by atoms with van der Waals surface area (Å²) in [5.74, 6) is 0. The average molecular weight is 138 g/mol. The molecule has 3 rings (SSSR count). The molecule has 0 bridgehead atoms. The third-order valence-corrected chi connectivity index (χ3v) is 3.75. The van der Waals surface area contributed by atoms with Crippen molar-refractivity contribution in [2.45, 2.75) is 56.1 Å². The van der Waals surface area contributed by atoms with Crippen molar-refractivity contribution < 1.29 is 4.74 Å². The largest absolute Gasteiger partial charge is 0.363 e. The summed E-state index contributed by atoms with van der Waals surface area (Å²) in [5, 5.41) is 0. The summed E-state index contributed by atoms with van der Waals surface area (Å²) in [6.45, 7) is 0. The van der Waals surface area contributed by atoms with Gasteiger partial charge in [-0.3, -0.25) is 0 Å². The first-order valence-electron chi connectivity index (χ1n) is 4.57. The molecule has 1 nitrogen and oxygen atoms in total. The van der Waals surface area contributed by atoms with Crippen molar-refractivity contribution in [3.63, 3.8) is 0 Å². The standard InChI is InChI=1S/C9H14O/c1-2-5-9-7-3-6-8(9,4-1)10-9/h1-7H2/t8-,9+. The molecule has 10 heavy (non-hydrogen) atoms. The minimum absolute atomic E-state index is 0.436. The average Bonchev–Trinajstić information content (AvgIpc) is 2.47. The van der Waals surface area contributed by atoms with Crippen molar-refractivity contribution in [2.24, 2.45) is 0 Å². The number of rotatable bonds is 0. The maximum absolute atomic E-state index is 5.89. The Labute approximate surface area is 61.8 Å². The first-order chi connectivity index (χ1) is 4.87. The van der Waals surface area contributed by atoms with Crippen LogP contribution in [0.3, 0.4) is 0 Å². The minimum atomic E-state index is 0.436. The van der Waals surface area contributed by atoms with E-state index in [0.717, 1.165) is 0 Å². The summed E-state index contributed by atoms with van der Waals surface area (Å²) in [7, 11) is 0. The highest BCUT2D eigenvalue weighted by Crippen LogP contribution is 2.66. The highest BCUT2D eigenvalue weighted by atomic mass is 16.6. The van der Waals surface area contributed by atoms with Crippen LogP contribution in [0.25, 0.3) is 0 Å². The van der Waals surface area contributed by atoms with Crippen LogP contribution < -0.4 is 0 Å². The molecule has 2 saturated carbocycles. The van der Waals surface area contributed by atoms with E-state index in [1.807, 2.05) is 0 Å². The van der Waals surface area contributed by atoms with E-state index in [-0.39, 0.29) is 0 Å². The van der Waals surface area contributed by atoms with Crippen LogP contribution in [-0.2, 0) is 4.74 Å². The Balaban J connectivity index is 1.95. The van der Waals surface area contributed by atoms with Gasteiger partial charge in [0.15, 0.2) is 0 Å². The summed E-state index contributed by atoms with van der Waals surface area (Å²) < 4.78 is 5.89. The monoisotopic (exact) mass is 138 g/mol. The molecule has 1 aliphatic heterocycles. The number of hydrogen-bond donors (Lipinski definition) is 0. The molecule has 0 aromatic carbocycles. The van der Waals surface area contributed by atoms with E-state index in [1.54, 1.807) is 0 Å². The Morgan fingerprint density at radius 3 is 1.80 bits per heavy atom. The molecule has 0 aromatic rings. The van der Waals surface area contributed by atoms with Gasteiger partial charge in [-0.05, 0) is 32.1 Å². The normalized spacial score (nSPS) is 57.6. The van der Waals surface area contributed by atoms with E-state index in [4.69, 9.17) is 4.74 Å². The van der Waals surface area contributed by atoms with Crippen molar-refractivity contribution in [3.05, 3.63) is 0 Å². The Hall–Kier alpha value is -0.0400. The first kappa shape index (κ1) is 5.59. The third kappa shape index (κ3) is 0.430. The van der Waals surface area contributed by atoms with Gasteiger partial charge in [-0.25, -0.2) is 0 Å². The van der Waals surface area contributed by atoms with Gasteiger partial charge in [-0.2, -0.15) is 0 Å². The Kier molecular flexibility index (Phi) is 0.797. The molecule has 1 heterocycles. The van der Waals surface area contributed by atoms with Crippen LogP contribution in [0.5, 0.6) is 0 Å². The van der Waals surface area contributed by atoms with Crippen LogP contribution in [-0.4, -0.2) is 11.2 Å². The zero-order chi connectivity index (χ0) is 6.66. The smallest absolute Gasteiger partial charge is 0.0980 e. The summed E-state index contributed by atoms with van der Waals surface area (Å²) in [5.41, 5.74) is 0.872. The molecule has 3 aliphatic rings. The maximum Gasteiger partial charge on any atom is 0.0980 e. The molecule has 2 aliphatic carbocycles. The highest BCUT2D eigenvalue weighted by molar-refractivity contribution is 5.21. The summed E-state index contributed by atoms with van der Waals surface area (Å²) in [6, 6.07) is 0. The second-order valence-corrected chi connectivity index (χ2v) is 4.15. The predicted octanol–water partition coefficient (Wildman–Crippen LogP) is 2.25. The van der Waals surface area contributed by atoms with Gasteiger partial charge in [0.2, 0.25) is 0 Å². The molecular formula is C9H14O. The van der Waals surface area contributed by atoms with Crippen LogP contribution in [0, 0.1) is 0 Å². The third-order valence-electron chi connectivity index (χ3n) is 3.75. The lowest BCUT2D eigenvalue weighted by Gasteiger charge is -2.17. The lowest BCUT2D eigenvalue weighted by atomic mass is 9.82. The molecular weight excluding hydrogens is 124 g/mol. The quantitative estimate of drug-likeness (QED) is 0.468. The zero-order valence-electron chi connectivity index (χ0n) is 6.36. The van der Waals surface area contributed by atoms with Crippen LogP contribution in [0.4, 0.5) is 0 Å². The molecule has 0 amide bonds. The zero-order valence-corrected chi connectivity index (χ0v) is 6.36. The molecule has 0 spiro atoms. The number of ether oxygens (including phenoxy) is 1. The van der Waals surface area contributed by atoms with Crippen molar-refractivity contribution in [1.29, 1.82) is 0 Å². The second-order valence-electron chi connectivity index (χ2n) is 4.15. The SMILES string of the molecule is C1CC[C@]23CCC[C@@]2(C1)O3. The van der Waals surface area contributed by atoms with E-state index in [9.17, 15) is 0 Å². The molecule has 0 N–H and O–H groups in total. The van der Waals surface area contributed by atoms with Crippen LogP contribution in [0.1, 0.15) is 44.9 Å². The number of epoxide rings is 1. The van der Waals surface area contributed by atoms with Crippen molar-refractivity contribution in [2.75, 3.05) is 0 Å². The summed E-state index contributed by atoms with van der Waals surface area (Å²) in [4.78, 5) is 0. The Morgan fingerprint density at radius 1 is 0.700 bits per heavy atom. The Morgan fingerprint density at radius 2 is 1.20 bits per heavy atom. The summed E-state index contributed by atoms with van der Waals surface area (Å²) in [6.07, 6.45) is 9.74. The van der Waals surface area contributed by atoms with Crippen LogP contribution >= 0.6 is 0 Å². The van der Waals surface area contributed by atoms with Crippen LogP contribution in [0.15, 0.2) is 0 Å². The van der Waals surface area contributed by atoms with Gasteiger partial charge in [0.1, 0.15) is 0 Å². The summed E-state index contributed by atoms with van der Waals surface area (Å²) >= 11 is 0. The van der Waals surface area contributed by atoms with Crippen molar-refractivity contribution >= 4 is 0 Å². The van der Waals surface area contributed by atoms with Gasteiger partial charge < -0.3 is 4.74 Å². The molecule has 1 heteroatoms. The molecule has 0 aromatic heterocycles. The molecule has 0 radical (unpaired) electrons. The highest BCUT2D eigenvalue weighted by Gasteiger charge is 2.71. The first-order valence-corrected chi connectivity index (χ1v) is 4.57. The van der Waals surface area contributed by atoms with E-state index < -0.39 is 0 Å². The van der Waals surface area contributed by atoms with Crippen LogP contribution in [0.2, 0.25) is 0 Å². The molecule has 0 unspecified atom stereocenters. The van der Waals surface area contributed by atoms with Crippen molar-refractivity contribution in [1.82, 2.24) is 0 Å². The topological polar surface area (TPSA) is 12.5 Å². The van der Waals surface area contributed by atoms with Crippen molar-refractivity contribution in [3.8, 4) is 0 Å². The Bertz CT molecular complexity index is 152. The van der Waals surface area contributed by atoms with Gasteiger partial charge in [0, 0.05) is 0 Å². The molecule has 1 saturated heterocycles.